The highest BCUT2D eigenvalue weighted by Gasteiger charge is 2.33. The summed E-state index contributed by atoms with van der Waals surface area (Å²) >= 11 is 0. The smallest absolute Gasteiger partial charge is 0.137 e. The molecule has 5 nitrogen and oxygen atoms in total. The number of para-hydroxylation sites is 3. The number of ether oxygens (including phenoxy) is 1. The number of rotatable bonds is 8. The van der Waals surface area contributed by atoms with Crippen molar-refractivity contribution in [3.63, 3.8) is 0 Å². The predicted octanol–water partition coefficient (Wildman–Crippen LogP) is 15.2. The van der Waals surface area contributed by atoms with E-state index in [2.05, 4.69) is 149 Å². The van der Waals surface area contributed by atoms with Crippen molar-refractivity contribution in [3.8, 4) is 28.4 Å². The van der Waals surface area contributed by atoms with Crippen LogP contribution in [0.2, 0.25) is 0 Å². The fourth-order valence-corrected chi connectivity index (χ4v) is 8.81. The minimum atomic E-state index is -0.942. The first-order chi connectivity index (χ1) is 29.2. The molecule has 0 aliphatic carbocycles. The van der Waals surface area contributed by atoms with E-state index < -0.39 is 17.5 Å². The number of halogens is 3. The summed E-state index contributed by atoms with van der Waals surface area (Å²) in [5, 5.41) is 2.26. The lowest BCUT2D eigenvalue weighted by Crippen LogP contribution is -2.26. The molecule has 0 saturated heterocycles. The molecular formula is C53H49F3N4O. The first-order valence-corrected chi connectivity index (χ1v) is 20.9. The highest BCUT2D eigenvalue weighted by atomic mass is 19.1. The number of aryl methyl sites for hydroxylation is 1. The Morgan fingerprint density at radius 2 is 1.28 bits per heavy atom. The van der Waals surface area contributed by atoms with Crippen LogP contribution in [0.15, 0.2) is 128 Å². The third-order valence-corrected chi connectivity index (χ3v) is 11.8. The van der Waals surface area contributed by atoms with Gasteiger partial charge in [0.1, 0.15) is 41.4 Å². The summed E-state index contributed by atoms with van der Waals surface area (Å²) in [5.41, 5.74) is 10.4. The number of pyridine rings is 1. The second-order valence-electron chi connectivity index (χ2n) is 17.8. The van der Waals surface area contributed by atoms with Crippen LogP contribution < -0.4 is 14.5 Å². The van der Waals surface area contributed by atoms with Gasteiger partial charge in [0.25, 0.3) is 0 Å². The molecule has 8 aromatic rings. The lowest BCUT2D eigenvalue weighted by Gasteiger charge is -2.30. The topological polar surface area (TPSA) is 33.5 Å². The molecule has 3 heterocycles. The van der Waals surface area contributed by atoms with Crippen molar-refractivity contribution in [2.24, 2.45) is 0 Å². The SMILES string of the molecule is Cc1cc(Oc2ccc3c4ccccc4n(-c4cc(C(C)(C)C)ccn4)c3c2)cc(N2CN(c3c(C(C)C)cc(-c4c(F)cc(F)cc4F)cc3C(C)C)c3ccccc32)c1. The van der Waals surface area contributed by atoms with E-state index in [9.17, 15) is 4.39 Å². The summed E-state index contributed by atoms with van der Waals surface area (Å²) in [6.45, 7) is 17.6. The van der Waals surface area contributed by atoms with Crippen LogP contribution in [0.1, 0.15) is 82.6 Å². The van der Waals surface area contributed by atoms with Gasteiger partial charge in [0, 0.05) is 52.6 Å². The van der Waals surface area contributed by atoms with Crippen LogP contribution in [0.4, 0.5) is 35.9 Å². The molecule has 2 aromatic heterocycles. The maximum absolute atomic E-state index is 15.2. The Labute approximate surface area is 355 Å². The van der Waals surface area contributed by atoms with Gasteiger partial charge >= 0.3 is 0 Å². The van der Waals surface area contributed by atoms with Gasteiger partial charge in [-0.25, -0.2) is 18.2 Å². The molecule has 308 valence electrons. The van der Waals surface area contributed by atoms with E-state index in [0.717, 1.165) is 79.2 Å². The van der Waals surface area contributed by atoms with E-state index in [1.807, 2.05) is 36.5 Å². The number of aromatic nitrogens is 2. The van der Waals surface area contributed by atoms with Crippen molar-refractivity contribution in [3.05, 3.63) is 167 Å². The minimum Gasteiger partial charge on any atom is -0.457 e. The average molecular weight is 815 g/mol. The van der Waals surface area contributed by atoms with Crippen molar-refractivity contribution >= 4 is 44.6 Å². The monoisotopic (exact) mass is 814 g/mol. The number of hydrogen-bond donors (Lipinski definition) is 0. The van der Waals surface area contributed by atoms with Crippen LogP contribution in [-0.2, 0) is 5.41 Å². The number of nitrogens with zero attached hydrogens (tertiary/aromatic N) is 4. The molecular weight excluding hydrogens is 766 g/mol. The van der Waals surface area contributed by atoms with Crippen LogP contribution in [-0.4, -0.2) is 16.2 Å². The second kappa shape index (κ2) is 15.2. The van der Waals surface area contributed by atoms with Gasteiger partial charge in [-0.1, -0.05) is 78.8 Å². The molecule has 1 aliphatic rings. The Hall–Kier alpha value is -6.54. The van der Waals surface area contributed by atoms with Gasteiger partial charge in [0.05, 0.1) is 28.0 Å². The normalized spacial score (nSPS) is 13.0. The second-order valence-corrected chi connectivity index (χ2v) is 17.8. The van der Waals surface area contributed by atoms with Crippen LogP contribution >= 0.6 is 0 Å². The first kappa shape index (κ1) is 39.9. The number of fused-ring (bicyclic) bond motifs is 4. The third kappa shape index (κ3) is 7.18. The van der Waals surface area contributed by atoms with Gasteiger partial charge in [-0.15, -0.1) is 0 Å². The van der Waals surface area contributed by atoms with Gasteiger partial charge in [0.15, 0.2) is 0 Å². The Kier molecular flexibility index (Phi) is 9.93. The minimum absolute atomic E-state index is 0.00783. The molecule has 0 radical (unpaired) electrons. The molecule has 61 heavy (non-hydrogen) atoms. The molecule has 0 unspecified atom stereocenters. The van der Waals surface area contributed by atoms with E-state index >= 15 is 8.78 Å². The molecule has 0 atom stereocenters. The van der Waals surface area contributed by atoms with E-state index in [0.29, 0.717) is 23.7 Å². The van der Waals surface area contributed by atoms with Crippen molar-refractivity contribution in [2.75, 3.05) is 16.5 Å². The van der Waals surface area contributed by atoms with Crippen LogP contribution in [0.3, 0.4) is 0 Å². The average Bonchev–Trinajstić information content (AvgIpc) is 3.75. The molecule has 0 bridgehead atoms. The lowest BCUT2D eigenvalue weighted by molar-refractivity contribution is 0.483. The molecule has 0 spiro atoms. The van der Waals surface area contributed by atoms with Gasteiger partial charge in [-0.05, 0) is 119 Å². The first-order valence-electron chi connectivity index (χ1n) is 20.9. The zero-order valence-corrected chi connectivity index (χ0v) is 35.8. The molecule has 0 N–H and O–H groups in total. The summed E-state index contributed by atoms with van der Waals surface area (Å²) < 4.78 is 53.5. The predicted molar refractivity (Wildman–Crippen MR) is 244 cm³/mol. The van der Waals surface area contributed by atoms with E-state index in [1.165, 1.54) is 5.56 Å². The molecule has 0 amide bonds. The maximum Gasteiger partial charge on any atom is 0.137 e. The summed E-state index contributed by atoms with van der Waals surface area (Å²) in [7, 11) is 0. The van der Waals surface area contributed by atoms with Crippen molar-refractivity contribution in [2.45, 2.75) is 72.6 Å². The highest BCUT2D eigenvalue weighted by molar-refractivity contribution is 6.09. The number of anilines is 4. The van der Waals surface area contributed by atoms with Crippen LogP contribution in [0.25, 0.3) is 38.8 Å². The molecule has 8 heteroatoms. The van der Waals surface area contributed by atoms with E-state index in [4.69, 9.17) is 9.72 Å². The highest BCUT2D eigenvalue weighted by Crippen LogP contribution is 2.50. The van der Waals surface area contributed by atoms with Gasteiger partial charge in [-0.3, -0.25) is 4.57 Å². The van der Waals surface area contributed by atoms with E-state index in [1.54, 1.807) is 0 Å². The zero-order valence-electron chi connectivity index (χ0n) is 35.8. The fourth-order valence-electron chi connectivity index (χ4n) is 8.81. The van der Waals surface area contributed by atoms with Crippen LogP contribution in [0.5, 0.6) is 11.5 Å². The Morgan fingerprint density at radius 3 is 1.95 bits per heavy atom. The van der Waals surface area contributed by atoms with Crippen LogP contribution in [0, 0.1) is 24.4 Å². The quantitative estimate of drug-likeness (QED) is 0.153. The van der Waals surface area contributed by atoms with Crippen molar-refractivity contribution in [1.29, 1.82) is 0 Å². The summed E-state index contributed by atoms with van der Waals surface area (Å²) in [4.78, 5) is 9.44. The summed E-state index contributed by atoms with van der Waals surface area (Å²) in [6.07, 6.45) is 1.89. The van der Waals surface area contributed by atoms with Gasteiger partial charge in [0.2, 0.25) is 0 Å². The Morgan fingerprint density at radius 1 is 0.639 bits per heavy atom. The van der Waals surface area contributed by atoms with Crippen molar-refractivity contribution in [1.82, 2.24) is 9.55 Å². The zero-order chi connectivity index (χ0) is 42.9. The molecule has 1 aliphatic heterocycles. The standard InChI is InChI=1S/C53H49F3N4O/c1-31(2)42-23-34(51-44(55)26-36(54)27-45(51)56)24-43(32(3)4)52(42)59-30-58(47-15-11-12-16-48(47)59)37-21-33(5)22-39(28-37)61-38-17-18-41-40-13-9-10-14-46(40)60(49(41)29-38)50-25-35(19-20-57-50)53(6,7)8/h9-29,31-32H,30H2,1-8H3. The number of benzene rings is 6. The van der Waals surface area contributed by atoms with E-state index in [-0.39, 0.29) is 22.8 Å². The fraction of sp³-hybridized carbons (Fsp3) is 0.226. The maximum atomic E-state index is 15.2. The Balaban J connectivity index is 1.11. The summed E-state index contributed by atoms with van der Waals surface area (Å²) in [6, 6.07) is 38.8. The lowest BCUT2D eigenvalue weighted by atomic mass is 9.87. The Bertz CT molecular complexity index is 2940. The molecule has 6 aromatic carbocycles. The number of hydrogen-bond acceptors (Lipinski definition) is 4. The summed E-state index contributed by atoms with van der Waals surface area (Å²) in [5.74, 6) is -0.495. The molecule has 0 saturated carbocycles. The molecule has 0 fully saturated rings. The third-order valence-electron chi connectivity index (χ3n) is 11.8. The van der Waals surface area contributed by atoms with Gasteiger partial charge < -0.3 is 14.5 Å². The van der Waals surface area contributed by atoms with Crippen molar-refractivity contribution < 1.29 is 17.9 Å². The van der Waals surface area contributed by atoms with Gasteiger partial charge in [-0.2, -0.15) is 0 Å². The largest absolute Gasteiger partial charge is 0.457 e. The molecule has 9 rings (SSSR count).